The SMILES string of the molecule is C/C(=N\NC(=O)c1sc2ccccc2c1Cl)c1cccc(NC(=O)C(F)(F)F)c1. The molecule has 1 heterocycles. The molecular formula is C19H13ClF3N3O2S. The van der Waals surface area contributed by atoms with Crippen LogP contribution in [0.5, 0.6) is 0 Å². The molecule has 0 aliphatic rings. The number of rotatable bonds is 4. The number of thiophene rings is 1. The van der Waals surface area contributed by atoms with Crippen molar-refractivity contribution >= 4 is 56.2 Å². The molecule has 0 saturated heterocycles. The van der Waals surface area contributed by atoms with E-state index in [1.54, 1.807) is 24.4 Å². The lowest BCUT2D eigenvalue weighted by molar-refractivity contribution is -0.167. The van der Waals surface area contributed by atoms with E-state index in [4.69, 9.17) is 11.6 Å². The van der Waals surface area contributed by atoms with Crippen LogP contribution in [0, 0.1) is 0 Å². The molecule has 0 aliphatic carbocycles. The fourth-order valence-electron chi connectivity index (χ4n) is 2.43. The number of carbonyl (C=O) groups excluding carboxylic acids is 2. The van der Waals surface area contributed by atoms with Gasteiger partial charge in [0.2, 0.25) is 0 Å². The lowest BCUT2D eigenvalue weighted by atomic mass is 10.1. The summed E-state index contributed by atoms with van der Waals surface area (Å²) >= 11 is 7.48. The van der Waals surface area contributed by atoms with Crippen molar-refractivity contribution in [2.75, 3.05) is 5.32 Å². The summed E-state index contributed by atoms with van der Waals surface area (Å²) in [6.07, 6.45) is -4.99. The lowest BCUT2D eigenvalue weighted by Crippen LogP contribution is -2.29. The number of benzene rings is 2. The number of hydrazone groups is 1. The molecule has 10 heteroatoms. The quantitative estimate of drug-likeness (QED) is 0.432. The highest BCUT2D eigenvalue weighted by atomic mass is 35.5. The lowest BCUT2D eigenvalue weighted by Gasteiger charge is -2.09. The molecular weight excluding hydrogens is 427 g/mol. The van der Waals surface area contributed by atoms with Crippen LogP contribution in [0.15, 0.2) is 53.6 Å². The molecule has 150 valence electrons. The summed E-state index contributed by atoms with van der Waals surface area (Å²) < 4.78 is 38.0. The first kappa shape index (κ1) is 20.8. The highest BCUT2D eigenvalue weighted by Crippen LogP contribution is 2.35. The van der Waals surface area contributed by atoms with Crippen molar-refractivity contribution in [1.82, 2.24) is 5.43 Å². The fraction of sp³-hybridized carbons (Fsp3) is 0.105. The van der Waals surface area contributed by atoms with E-state index in [1.807, 2.05) is 18.2 Å². The third-order valence-electron chi connectivity index (χ3n) is 3.86. The predicted molar refractivity (Wildman–Crippen MR) is 108 cm³/mol. The summed E-state index contributed by atoms with van der Waals surface area (Å²) in [7, 11) is 0. The maximum absolute atomic E-state index is 12.4. The second kappa shape index (κ2) is 8.22. The molecule has 2 amide bonds. The monoisotopic (exact) mass is 439 g/mol. The van der Waals surface area contributed by atoms with Crippen molar-refractivity contribution in [3.05, 3.63) is 64.0 Å². The number of amides is 2. The Morgan fingerprint density at radius 1 is 1.10 bits per heavy atom. The molecule has 1 aromatic heterocycles. The summed E-state index contributed by atoms with van der Waals surface area (Å²) in [5, 5.41) is 6.84. The zero-order valence-electron chi connectivity index (χ0n) is 14.8. The van der Waals surface area contributed by atoms with Gasteiger partial charge in [-0.1, -0.05) is 41.9 Å². The van der Waals surface area contributed by atoms with Gasteiger partial charge in [-0.2, -0.15) is 18.3 Å². The van der Waals surface area contributed by atoms with Crippen LogP contribution in [0.1, 0.15) is 22.2 Å². The highest BCUT2D eigenvalue weighted by Gasteiger charge is 2.38. The first-order valence-electron chi connectivity index (χ1n) is 8.17. The molecule has 5 nitrogen and oxygen atoms in total. The molecule has 2 aromatic carbocycles. The number of hydrogen-bond acceptors (Lipinski definition) is 4. The molecule has 3 aromatic rings. The maximum atomic E-state index is 12.4. The van der Waals surface area contributed by atoms with E-state index in [9.17, 15) is 22.8 Å². The average molecular weight is 440 g/mol. The molecule has 29 heavy (non-hydrogen) atoms. The molecule has 0 radical (unpaired) electrons. The van der Waals surface area contributed by atoms with Crippen LogP contribution < -0.4 is 10.7 Å². The Labute approximate surface area is 172 Å². The van der Waals surface area contributed by atoms with E-state index in [1.165, 1.54) is 29.5 Å². The van der Waals surface area contributed by atoms with Gasteiger partial charge in [-0.3, -0.25) is 9.59 Å². The predicted octanol–water partition coefficient (Wildman–Crippen LogP) is 5.21. The number of hydrogen-bond donors (Lipinski definition) is 2. The summed E-state index contributed by atoms with van der Waals surface area (Å²) in [6.45, 7) is 1.57. The van der Waals surface area contributed by atoms with Gasteiger partial charge in [0.1, 0.15) is 4.88 Å². The molecule has 0 fully saturated rings. The van der Waals surface area contributed by atoms with Crippen LogP contribution in [-0.2, 0) is 4.79 Å². The van der Waals surface area contributed by atoms with E-state index in [0.29, 0.717) is 21.2 Å². The molecule has 2 N–H and O–H groups in total. The van der Waals surface area contributed by atoms with Crippen LogP contribution in [0.3, 0.4) is 0 Å². The first-order valence-corrected chi connectivity index (χ1v) is 9.36. The normalized spacial score (nSPS) is 12.1. The number of nitrogens with zero attached hydrogens (tertiary/aromatic N) is 1. The number of alkyl halides is 3. The zero-order valence-corrected chi connectivity index (χ0v) is 16.4. The smallest absolute Gasteiger partial charge is 0.318 e. The standard InChI is InChI=1S/C19H13ClF3N3O2S/c1-10(11-5-4-6-12(9-11)24-18(28)19(21,22)23)25-26-17(27)16-15(20)13-7-2-3-8-14(13)29-16/h2-9H,1H3,(H,24,28)(H,26,27)/b25-10+. The molecule has 0 saturated carbocycles. The van der Waals surface area contributed by atoms with Crippen molar-refractivity contribution in [3.8, 4) is 0 Å². The highest BCUT2D eigenvalue weighted by molar-refractivity contribution is 7.21. The Hall–Kier alpha value is -2.91. The van der Waals surface area contributed by atoms with Gasteiger partial charge < -0.3 is 5.32 Å². The van der Waals surface area contributed by atoms with Crippen LogP contribution in [0.4, 0.5) is 18.9 Å². The summed E-state index contributed by atoms with van der Waals surface area (Å²) in [5.74, 6) is -2.57. The zero-order chi connectivity index (χ0) is 21.2. The summed E-state index contributed by atoms with van der Waals surface area (Å²) in [5.41, 5.74) is 3.10. The minimum atomic E-state index is -4.99. The van der Waals surface area contributed by atoms with E-state index in [2.05, 4.69) is 10.5 Å². The van der Waals surface area contributed by atoms with E-state index in [-0.39, 0.29) is 5.69 Å². The number of anilines is 1. The minimum absolute atomic E-state index is 0.0433. The van der Waals surface area contributed by atoms with Gasteiger partial charge in [0.15, 0.2) is 0 Å². The van der Waals surface area contributed by atoms with Crippen molar-refractivity contribution < 1.29 is 22.8 Å². The average Bonchev–Trinajstić information content (AvgIpc) is 3.02. The number of halogens is 4. The molecule has 3 rings (SSSR count). The van der Waals surface area contributed by atoms with Crippen LogP contribution >= 0.6 is 22.9 Å². The Bertz CT molecular complexity index is 1130. The van der Waals surface area contributed by atoms with Gasteiger partial charge in [-0.15, -0.1) is 11.3 Å². The van der Waals surface area contributed by atoms with Crippen molar-refractivity contribution in [1.29, 1.82) is 0 Å². The fourth-order valence-corrected chi connectivity index (χ4v) is 3.84. The molecule has 0 unspecified atom stereocenters. The minimum Gasteiger partial charge on any atom is -0.318 e. The summed E-state index contributed by atoms with van der Waals surface area (Å²) in [4.78, 5) is 23.8. The van der Waals surface area contributed by atoms with Crippen molar-refractivity contribution in [2.24, 2.45) is 5.10 Å². The topological polar surface area (TPSA) is 70.6 Å². The summed E-state index contributed by atoms with van der Waals surface area (Å²) in [6, 6.07) is 13.0. The Balaban J connectivity index is 1.75. The Morgan fingerprint density at radius 2 is 1.83 bits per heavy atom. The second-order valence-corrected chi connectivity index (χ2v) is 7.34. The second-order valence-electron chi connectivity index (χ2n) is 5.91. The first-order chi connectivity index (χ1) is 13.7. The number of carbonyl (C=O) groups is 2. The molecule has 0 atom stereocenters. The van der Waals surface area contributed by atoms with Gasteiger partial charge in [0, 0.05) is 15.8 Å². The molecule has 0 bridgehead atoms. The van der Waals surface area contributed by atoms with Crippen molar-refractivity contribution in [3.63, 3.8) is 0 Å². The van der Waals surface area contributed by atoms with Gasteiger partial charge in [0.25, 0.3) is 5.91 Å². The molecule has 0 aliphatic heterocycles. The van der Waals surface area contributed by atoms with Gasteiger partial charge >= 0.3 is 12.1 Å². The maximum Gasteiger partial charge on any atom is 0.471 e. The van der Waals surface area contributed by atoms with E-state index < -0.39 is 18.0 Å². The molecule has 0 spiro atoms. The van der Waals surface area contributed by atoms with Gasteiger partial charge in [0.05, 0.1) is 10.7 Å². The van der Waals surface area contributed by atoms with Crippen LogP contribution in [0.2, 0.25) is 5.02 Å². The number of fused-ring (bicyclic) bond motifs is 1. The Kier molecular flexibility index (Phi) is 5.90. The third-order valence-corrected chi connectivity index (χ3v) is 5.54. The number of nitrogens with one attached hydrogen (secondary N) is 2. The van der Waals surface area contributed by atoms with Gasteiger partial charge in [-0.05, 0) is 30.7 Å². The largest absolute Gasteiger partial charge is 0.471 e. The van der Waals surface area contributed by atoms with E-state index in [0.717, 1.165) is 10.1 Å². The van der Waals surface area contributed by atoms with E-state index >= 15 is 0 Å². The van der Waals surface area contributed by atoms with Crippen LogP contribution in [-0.4, -0.2) is 23.7 Å². The van der Waals surface area contributed by atoms with Crippen LogP contribution in [0.25, 0.3) is 10.1 Å². The van der Waals surface area contributed by atoms with Crippen molar-refractivity contribution in [2.45, 2.75) is 13.1 Å². The Morgan fingerprint density at radius 3 is 2.52 bits per heavy atom. The van der Waals surface area contributed by atoms with Gasteiger partial charge in [-0.25, -0.2) is 5.43 Å². The third kappa shape index (κ3) is 4.75.